The zero-order valence-electron chi connectivity index (χ0n) is 19.2. The number of anilines is 4. The number of hydrogen-bond donors (Lipinski definition) is 3. The van der Waals surface area contributed by atoms with Gasteiger partial charge in [0.05, 0.1) is 25.0 Å². The third kappa shape index (κ3) is 5.65. The number of carboxylic acids is 1. The van der Waals surface area contributed by atoms with Gasteiger partial charge < -0.3 is 24.5 Å². The minimum Gasteiger partial charge on any atom is -0.478 e. The molecule has 11 nitrogen and oxygen atoms in total. The van der Waals surface area contributed by atoms with Gasteiger partial charge in [0.15, 0.2) is 0 Å². The van der Waals surface area contributed by atoms with Crippen LogP contribution in [-0.2, 0) is 4.74 Å². The van der Waals surface area contributed by atoms with Crippen LogP contribution < -0.4 is 15.6 Å². The molecular formula is C25H23N7O4. The van der Waals surface area contributed by atoms with Gasteiger partial charge in [-0.1, -0.05) is 30.3 Å². The number of nitrogens with zero attached hydrogens (tertiary/aromatic N) is 5. The molecule has 0 spiro atoms. The molecule has 5 rings (SSSR count). The lowest BCUT2D eigenvalue weighted by atomic mass is 10.1. The highest BCUT2D eigenvalue weighted by atomic mass is 16.5. The van der Waals surface area contributed by atoms with Gasteiger partial charge in [0.25, 0.3) is 0 Å². The lowest BCUT2D eigenvalue weighted by molar-refractivity contribution is 0.0697. The Kier molecular flexibility index (Phi) is 6.81. The molecule has 0 aliphatic carbocycles. The molecule has 0 amide bonds. The van der Waals surface area contributed by atoms with Gasteiger partial charge in [-0.3, -0.25) is 0 Å². The monoisotopic (exact) mass is 485 g/mol. The molecule has 3 heterocycles. The number of furan rings is 1. The Morgan fingerprint density at radius 3 is 2.58 bits per heavy atom. The Balaban J connectivity index is 1.33. The van der Waals surface area contributed by atoms with E-state index in [2.05, 4.69) is 30.8 Å². The molecule has 1 fully saturated rings. The van der Waals surface area contributed by atoms with Crippen molar-refractivity contribution in [1.82, 2.24) is 15.0 Å². The molecule has 11 heteroatoms. The smallest absolute Gasteiger partial charge is 0.335 e. The molecule has 0 bridgehead atoms. The highest BCUT2D eigenvalue weighted by Crippen LogP contribution is 2.23. The first-order valence-electron chi connectivity index (χ1n) is 11.3. The number of hydrogen-bond acceptors (Lipinski definition) is 10. The molecule has 0 unspecified atom stereocenters. The summed E-state index contributed by atoms with van der Waals surface area (Å²) in [6.07, 6.45) is 1.49. The van der Waals surface area contributed by atoms with Gasteiger partial charge in [-0.2, -0.15) is 20.1 Å². The number of para-hydroxylation sites is 1. The maximum Gasteiger partial charge on any atom is 0.335 e. The van der Waals surface area contributed by atoms with Crippen molar-refractivity contribution in [2.45, 2.75) is 0 Å². The van der Waals surface area contributed by atoms with Crippen molar-refractivity contribution in [2.24, 2.45) is 5.10 Å². The van der Waals surface area contributed by atoms with Gasteiger partial charge in [-0.05, 0) is 36.4 Å². The maximum absolute atomic E-state index is 11.2. The van der Waals surface area contributed by atoms with Crippen LogP contribution in [0.25, 0.3) is 11.3 Å². The first-order valence-corrected chi connectivity index (χ1v) is 11.3. The van der Waals surface area contributed by atoms with Crippen LogP contribution in [0.1, 0.15) is 16.1 Å². The molecular weight excluding hydrogens is 462 g/mol. The summed E-state index contributed by atoms with van der Waals surface area (Å²) < 4.78 is 11.2. The maximum atomic E-state index is 11.2. The van der Waals surface area contributed by atoms with Gasteiger partial charge in [-0.15, -0.1) is 0 Å². The van der Waals surface area contributed by atoms with Gasteiger partial charge >= 0.3 is 5.97 Å². The molecule has 1 saturated heterocycles. The van der Waals surface area contributed by atoms with Gasteiger partial charge in [0, 0.05) is 24.3 Å². The zero-order chi connectivity index (χ0) is 24.7. The SMILES string of the molecule is O=C(O)c1cccc(-c2ccc(/C=N\Nc3nc(Nc4ccccc4)nc(N4CCOCC4)n3)o2)c1. The summed E-state index contributed by atoms with van der Waals surface area (Å²) in [5, 5.41) is 16.6. The van der Waals surface area contributed by atoms with Crippen molar-refractivity contribution >= 4 is 35.7 Å². The number of carboxylic acid groups (broad SMARTS) is 1. The normalized spacial score (nSPS) is 13.6. The van der Waals surface area contributed by atoms with Crippen LogP contribution >= 0.6 is 0 Å². The molecule has 2 aromatic heterocycles. The average Bonchev–Trinajstić information content (AvgIpc) is 3.39. The van der Waals surface area contributed by atoms with E-state index in [9.17, 15) is 9.90 Å². The van der Waals surface area contributed by atoms with E-state index >= 15 is 0 Å². The van der Waals surface area contributed by atoms with Crippen LogP contribution in [0.5, 0.6) is 0 Å². The molecule has 2 aromatic carbocycles. The van der Waals surface area contributed by atoms with Crippen molar-refractivity contribution < 1.29 is 19.1 Å². The topological polar surface area (TPSA) is 138 Å². The summed E-state index contributed by atoms with van der Waals surface area (Å²) in [6.45, 7) is 2.56. The molecule has 0 atom stereocenters. The van der Waals surface area contributed by atoms with Crippen LogP contribution in [0.2, 0.25) is 0 Å². The van der Waals surface area contributed by atoms with Gasteiger partial charge in [-0.25, -0.2) is 10.2 Å². The highest BCUT2D eigenvalue weighted by Gasteiger charge is 2.17. The van der Waals surface area contributed by atoms with Gasteiger partial charge in [0.2, 0.25) is 17.8 Å². The van der Waals surface area contributed by atoms with E-state index in [4.69, 9.17) is 9.15 Å². The number of ether oxygens (including phenoxy) is 1. The first kappa shape index (κ1) is 23.0. The van der Waals surface area contributed by atoms with Crippen molar-refractivity contribution in [3.63, 3.8) is 0 Å². The van der Waals surface area contributed by atoms with Crippen LogP contribution in [0, 0.1) is 0 Å². The Hall–Kier alpha value is -4.77. The minimum absolute atomic E-state index is 0.187. The number of rotatable bonds is 8. The predicted octanol–water partition coefficient (Wildman–Crippen LogP) is 3.86. The van der Waals surface area contributed by atoms with Crippen molar-refractivity contribution in [3.8, 4) is 11.3 Å². The van der Waals surface area contributed by atoms with Crippen LogP contribution in [-0.4, -0.2) is 58.5 Å². The first-order chi connectivity index (χ1) is 17.6. The average molecular weight is 486 g/mol. The Morgan fingerprint density at radius 2 is 1.78 bits per heavy atom. The summed E-state index contributed by atoms with van der Waals surface area (Å²) in [5.74, 6) is 1.18. The van der Waals surface area contributed by atoms with E-state index in [0.29, 0.717) is 55.3 Å². The number of aromatic carboxylic acids is 1. The fourth-order valence-electron chi connectivity index (χ4n) is 3.56. The van der Waals surface area contributed by atoms with E-state index in [1.54, 1.807) is 30.3 Å². The summed E-state index contributed by atoms with van der Waals surface area (Å²) in [4.78, 5) is 26.8. The van der Waals surface area contributed by atoms with Crippen molar-refractivity contribution in [1.29, 1.82) is 0 Å². The third-order valence-electron chi connectivity index (χ3n) is 5.32. The lowest BCUT2D eigenvalue weighted by Gasteiger charge is -2.27. The lowest BCUT2D eigenvalue weighted by Crippen LogP contribution is -2.37. The number of nitrogens with one attached hydrogen (secondary N) is 2. The summed E-state index contributed by atoms with van der Waals surface area (Å²) in [5.41, 5.74) is 4.54. The minimum atomic E-state index is -0.996. The third-order valence-corrected chi connectivity index (χ3v) is 5.32. The van der Waals surface area contributed by atoms with Crippen LogP contribution in [0.4, 0.5) is 23.5 Å². The fraction of sp³-hybridized carbons (Fsp3) is 0.160. The van der Waals surface area contributed by atoms with E-state index < -0.39 is 5.97 Å². The quantitative estimate of drug-likeness (QED) is 0.249. The van der Waals surface area contributed by atoms with Gasteiger partial charge in [0.1, 0.15) is 11.5 Å². The molecule has 0 radical (unpaired) electrons. The number of benzene rings is 2. The number of carbonyl (C=O) groups is 1. The van der Waals surface area contributed by atoms with Crippen molar-refractivity contribution in [2.75, 3.05) is 41.9 Å². The predicted molar refractivity (Wildman–Crippen MR) is 135 cm³/mol. The Morgan fingerprint density at radius 1 is 0.972 bits per heavy atom. The second-order valence-electron chi connectivity index (χ2n) is 7.83. The van der Waals surface area contributed by atoms with Crippen LogP contribution in [0.15, 0.2) is 76.2 Å². The molecule has 3 N–H and O–H groups in total. The molecule has 36 heavy (non-hydrogen) atoms. The molecule has 0 saturated carbocycles. The van der Waals surface area contributed by atoms with E-state index in [1.165, 1.54) is 12.3 Å². The fourth-order valence-corrected chi connectivity index (χ4v) is 3.56. The second-order valence-corrected chi connectivity index (χ2v) is 7.83. The van der Waals surface area contributed by atoms with E-state index in [-0.39, 0.29) is 11.5 Å². The zero-order valence-corrected chi connectivity index (χ0v) is 19.2. The number of aromatic nitrogens is 3. The Labute approximate surface area is 206 Å². The molecule has 1 aliphatic heterocycles. The standard InChI is InChI=1S/C25H23N7O4/c33-22(34)18-6-4-5-17(15-18)21-10-9-20(36-21)16-26-31-24-28-23(27-19-7-2-1-3-8-19)29-25(30-24)32-11-13-35-14-12-32/h1-10,15-16H,11-14H2,(H,33,34)(H2,27,28,29,30,31)/b26-16-. The Bertz CT molecular complexity index is 1370. The van der Waals surface area contributed by atoms with E-state index in [1.807, 2.05) is 35.2 Å². The molecule has 4 aromatic rings. The number of hydrazone groups is 1. The largest absolute Gasteiger partial charge is 0.478 e. The van der Waals surface area contributed by atoms with E-state index in [0.717, 1.165) is 5.69 Å². The molecule has 182 valence electrons. The summed E-state index contributed by atoms with van der Waals surface area (Å²) in [6, 6.07) is 19.6. The summed E-state index contributed by atoms with van der Waals surface area (Å²) >= 11 is 0. The second kappa shape index (κ2) is 10.7. The van der Waals surface area contributed by atoms with Crippen molar-refractivity contribution in [3.05, 3.63) is 78.1 Å². The number of morpholine rings is 1. The molecule has 1 aliphatic rings. The highest BCUT2D eigenvalue weighted by molar-refractivity contribution is 5.89. The summed E-state index contributed by atoms with van der Waals surface area (Å²) in [7, 11) is 0. The van der Waals surface area contributed by atoms with Crippen LogP contribution in [0.3, 0.4) is 0 Å².